The monoisotopic (exact) mass is 179 g/mol. The van der Waals surface area contributed by atoms with E-state index in [4.69, 9.17) is 11.5 Å². The molecule has 1 unspecified atom stereocenters. The molecule has 4 N–H and O–H groups in total. The van der Waals surface area contributed by atoms with Crippen LogP contribution in [0, 0.1) is 6.92 Å². The summed E-state index contributed by atoms with van der Waals surface area (Å²) in [5.74, 6) is -0.395. The molecule has 0 aromatic carbocycles. The first-order chi connectivity index (χ1) is 6.09. The number of carbonyl (C=O) groups excluding carboxylic acids is 1. The molecule has 0 saturated carbocycles. The zero-order valence-corrected chi connectivity index (χ0v) is 7.53. The van der Waals surface area contributed by atoms with Gasteiger partial charge in [0.1, 0.15) is 0 Å². The van der Waals surface area contributed by atoms with Crippen LogP contribution in [-0.2, 0) is 4.79 Å². The zero-order chi connectivity index (χ0) is 9.84. The van der Waals surface area contributed by atoms with Gasteiger partial charge in [0.25, 0.3) is 0 Å². The van der Waals surface area contributed by atoms with Crippen molar-refractivity contribution in [2.75, 3.05) is 0 Å². The average Bonchev–Trinajstić information content (AvgIpc) is 2.04. The van der Waals surface area contributed by atoms with Crippen LogP contribution in [0.5, 0.6) is 0 Å². The van der Waals surface area contributed by atoms with Gasteiger partial charge in [0, 0.05) is 24.4 Å². The molecule has 1 heterocycles. The van der Waals surface area contributed by atoms with Crippen LogP contribution in [0.15, 0.2) is 18.3 Å². The average molecular weight is 179 g/mol. The summed E-state index contributed by atoms with van der Waals surface area (Å²) in [6, 6.07) is 3.37. The lowest BCUT2D eigenvalue weighted by Crippen LogP contribution is -2.20. The summed E-state index contributed by atoms with van der Waals surface area (Å²) in [6.45, 7) is 1.89. The third-order valence-electron chi connectivity index (χ3n) is 1.78. The highest BCUT2D eigenvalue weighted by Crippen LogP contribution is 2.12. The van der Waals surface area contributed by atoms with E-state index >= 15 is 0 Å². The normalized spacial score (nSPS) is 12.5. The van der Waals surface area contributed by atoms with Gasteiger partial charge < -0.3 is 11.5 Å². The van der Waals surface area contributed by atoms with E-state index in [0.717, 1.165) is 11.3 Å². The molecule has 0 fully saturated rings. The Bertz CT molecular complexity index is 294. The summed E-state index contributed by atoms with van der Waals surface area (Å²) >= 11 is 0. The van der Waals surface area contributed by atoms with Gasteiger partial charge in [-0.3, -0.25) is 9.78 Å². The second-order valence-corrected chi connectivity index (χ2v) is 3.01. The van der Waals surface area contributed by atoms with Crippen LogP contribution in [-0.4, -0.2) is 10.9 Å². The lowest BCUT2D eigenvalue weighted by atomic mass is 10.1. The van der Waals surface area contributed by atoms with Crippen molar-refractivity contribution in [3.63, 3.8) is 0 Å². The van der Waals surface area contributed by atoms with Crippen molar-refractivity contribution in [3.8, 4) is 0 Å². The quantitative estimate of drug-likeness (QED) is 0.698. The SMILES string of the molecule is Cc1ccc(C(N)CC(N)=O)cn1. The molecule has 1 aromatic rings. The number of primary amides is 1. The number of hydrogen-bond acceptors (Lipinski definition) is 3. The molecule has 70 valence electrons. The van der Waals surface area contributed by atoms with Gasteiger partial charge in [-0.2, -0.15) is 0 Å². The Morgan fingerprint density at radius 3 is 2.77 bits per heavy atom. The van der Waals surface area contributed by atoms with Gasteiger partial charge in [-0.1, -0.05) is 6.07 Å². The Morgan fingerprint density at radius 1 is 1.62 bits per heavy atom. The smallest absolute Gasteiger partial charge is 0.219 e. The molecule has 0 radical (unpaired) electrons. The lowest BCUT2D eigenvalue weighted by Gasteiger charge is -2.08. The number of aromatic nitrogens is 1. The molecule has 0 spiro atoms. The van der Waals surface area contributed by atoms with Crippen LogP contribution in [0.1, 0.15) is 23.7 Å². The number of pyridine rings is 1. The van der Waals surface area contributed by atoms with Crippen LogP contribution in [0.25, 0.3) is 0 Å². The van der Waals surface area contributed by atoms with E-state index in [1.165, 1.54) is 0 Å². The predicted molar refractivity (Wildman–Crippen MR) is 49.7 cm³/mol. The number of nitrogens with zero attached hydrogens (tertiary/aromatic N) is 1. The third-order valence-corrected chi connectivity index (χ3v) is 1.78. The van der Waals surface area contributed by atoms with Crippen molar-refractivity contribution in [1.82, 2.24) is 4.98 Å². The molecule has 1 amide bonds. The Kier molecular flexibility index (Phi) is 2.97. The van der Waals surface area contributed by atoms with Crippen molar-refractivity contribution >= 4 is 5.91 Å². The maximum atomic E-state index is 10.6. The molecule has 1 atom stereocenters. The van der Waals surface area contributed by atoms with Crippen LogP contribution < -0.4 is 11.5 Å². The topological polar surface area (TPSA) is 82.0 Å². The van der Waals surface area contributed by atoms with Crippen LogP contribution >= 0.6 is 0 Å². The zero-order valence-electron chi connectivity index (χ0n) is 7.53. The summed E-state index contributed by atoms with van der Waals surface area (Å²) in [7, 11) is 0. The summed E-state index contributed by atoms with van der Waals surface area (Å²) < 4.78 is 0. The molecule has 1 aromatic heterocycles. The second kappa shape index (κ2) is 4.00. The number of rotatable bonds is 3. The Labute approximate surface area is 77.0 Å². The van der Waals surface area contributed by atoms with Gasteiger partial charge in [-0.05, 0) is 18.6 Å². The second-order valence-electron chi connectivity index (χ2n) is 3.01. The van der Waals surface area contributed by atoms with Gasteiger partial charge in [0.2, 0.25) is 5.91 Å². The van der Waals surface area contributed by atoms with Crippen molar-refractivity contribution < 1.29 is 4.79 Å². The van der Waals surface area contributed by atoms with Crippen molar-refractivity contribution in [2.24, 2.45) is 11.5 Å². The first-order valence-corrected chi connectivity index (χ1v) is 4.06. The molecule has 4 nitrogen and oxygen atoms in total. The molecule has 1 rings (SSSR count). The first kappa shape index (κ1) is 9.67. The predicted octanol–water partition coefficient (Wildman–Crippen LogP) is 0.265. The number of nitrogens with two attached hydrogens (primary N) is 2. The van der Waals surface area contributed by atoms with E-state index in [1.54, 1.807) is 6.20 Å². The molecule has 0 saturated heterocycles. The van der Waals surface area contributed by atoms with Crippen molar-refractivity contribution in [3.05, 3.63) is 29.6 Å². The number of hydrogen-bond donors (Lipinski definition) is 2. The fourth-order valence-electron chi connectivity index (χ4n) is 1.03. The van der Waals surface area contributed by atoms with E-state index < -0.39 is 5.91 Å². The highest BCUT2D eigenvalue weighted by molar-refractivity contribution is 5.74. The minimum atomic E-state index is -0.395. The molecule has 13 heavy (non-hydrogen) atoms. The fraction of sp³-hybridized carbons (Fsp3) is 0.333. The fourth-order valence-corrected chi connectivity index (χ4v) is 1.03. The van der Waals surface area contributed by atoms with Crippen LogP contribution in [0.2, 0.25) is 0 Å². The minimum Gasteiger partial charge on any atom is -0.370 e. The summed E-state index contributed by atoms with van der Waals surface area (Å²) in [6.07, 6.45) is 1.83. The van der Waals surface area contributed by atoms with Crippen LogP contribution in [0.4, 0.5) is 0 Å². The van der Waals surface area contributed by atoms with Gasteiger partial charge in [-0.25, -0.2) is 0 Å². The van der Waals surface area contributed by atoms with Gasteiger partial charge >= 0.3 is 0 Å². The van der Waals surface area contributed by atoms with E-state index in [2.05, 4.69) is 4.98 Å². The van der Waals surface area contributed by atoms with E-state index in [1.807, 2.05) is 19.1 Å². The lowest BCUT2D eigenvalue weighted by molar-refractivity contribution is -0.118. The minimum absolute atomic E-state index is 0.157. The van der Waals surface area contributed by atoms with Crippen molar-refractivity contribution in [1.29, 1.82) is 0 Å². The van der Waals surface area contributed by atoms with Crippen LogP contribution in [0.3, 0.4) is 0 Å². The highest BCUT2D eigenvalue weighted by Gasteiger charge is 2.08. The van der Waals surface area contributed by atoms with Gasteiger partial charge in [0.05, 0.1) is 0 Å². The molecule has 0 aliphatic carbocycles. The maximum absolute atomic E-state index is 10.6. The molecule has 0 aliphatic heterocycles. The number of carbonyl (C=O) groups is 1. The van der Waals surface area contributed by atoms with E-state index in [9.17, 15) is 4.79 Å². The number of aryl methyl sites for hydroxylation is 1. The van der Waals surface area contributed by atoms with E-state index in [0.29, 0.717) is 0 Å². The molecule has 0 aliphatic rings. The molecular formula is C9H13N3O. The summed E-state index contributed by atoms with van der Waals surface area (Å²) in [5, 5.41) is 0. The third kappa shape index (κ3) is 2.83. The first-order valence-electron chi connectivity index (χ1n) is 4.06. The largest absolute Gasteiger partial charge is 0.370 e. The van der Waals surface area contributed by atoms with E-state index in [-0.39, 0.29) is 12.5 Å². The maximum Gasteiger partial charge on any atom is 0.219 e. The Morgan fingerprint density at radius 2 is 2.31 bits per heavy atom. The Balaban J connectivity index is 2.71. The van der Waals surface area contributed by atoms with Gasteiger partial charge in [0.15, 0.2) is 0 Å². The van der Waals surface area contributed by atoms with Crippen molar-refractivity contribution in [2.45, 2.75) is 19.4 Å². The number of amides is 1. The molecular weight excluding hydrogens is 166 g/mol. The standard InChI is InChI=1S/C9H13N3O/c1-6-2-3-7(5-12-6)8(10)4-9(11)13/h2-3,5,8H,4,10H2,1H3,(H2,11,13). The highest BCUT2D eigenvalue weighted by atomic mass is 16.1. The molecule has 0 bridgehead atoms. The van der Waals surface area contributed by atoms with Gasteiger partial charge in [-0.15, -0.1) is 0 Å². The summed E-state index contributed by atoms with van der Waals surface area (Å²) in [4.78, 5) is 14.6. The molecule has 4 heteroatoms. The summed E-state index contributed by atoms with van der Waals surface area (Å²) in [5.41, 5.74) is 12.5. The Hall–Kier alpha value is -1.42.